The zero-order valence-corrected chi connectivity index (χ0v) is 21.3. The Balaban J connectivity index is 1.62. The molecule has 7 nitrogen and oxygen atoms in total. The number of methoxy groups -OCH3 is 2. The number of halogens is 2. The van der Waals surface area contributed by atoms with Crippen molar-refractivity contribution < 1.29 is 33.3 Å². The van der Waals surface area contributed by atoms with E-state index in [1.807, 2.05) is 44.2 Å². The fourth-order valence-electron chi connectivity index (χ4n) is 5.15. The fraction of sp³-hybridized carbons (Fsp3) is 0.423. The molecule has 1 aliphatic carbocycles. The first-order valence-electron chi connectivity index (χ1n) is 11.1. The number of allylic oxidation sites excluding steroid dienone is 1. The van der Waals surface area contributed by atoms with Crippen molar-refractivity contribution in [3.63, 3.8) is 0 Å². The van der Waals surface area contributed by atoms with Crippen LogP contribution >= 0.6 is 23.2 Å². The molecule has 35 heavy (non-hydrogen) atoms. The molecule has 2 unspecified atom stereocenters. The molecule has 2 bridgehead atoms. The average Bonchev–Trinajstić information content (AvgIpc) is 3.10. The molecular weight excluding hydrogens is 495 g/mol. The standard InChI is InChI=1S/C26H26Cl2O7/c1-25(2)16(10-17(27)28)19(25)24(31)34-13-15-12-26(11-14-8-6-5-7-9-14)20(23(30)33-4)18(21(15)35-26)22(29)32-3/h5-10,12,16,19,21H,11,13H2,1-4H3/t16-,19-,21?,26?/m1/s1. The van der Waals surface area contributed by atoms with Crippen LogP contribution < -0.4 is 0 Å². The van der Waals surface area contributed by atoms with Crippen molar-refractivity contribution in [2.45, 2.75) is 32.0 Å². The summed E-state index contributed by atoms with van der Waals surface area (Å²) in [6.45, 7) is 3.77. The van der Waals surface area contributed by atoms with Crippen LogP contribution in [-0.2, 0) is 39.8 Å². The van der Waals surface area contributed by atoms with Crippen LogP contribution in [0.3, 0.4) is 0 Å². The SMILES string of the molecule is COC(=O)C1=C(C(=O)OC)C2(Cc3ccccc3)C=C(COC(=O)[C@H]3[C@@H](C=C(Cl)Cl)C3(C)C)C1O2. The summed E-state index contributed by atoms with van der Waals surface area (Å²) in [5, 5.41) is 0. The van der Waals surface area contributed by atoms with Gasteiger partial charge in [-0.1, -0.05) is 67.4 Å². The largest absolute Gasteiger partial charge is 0.466 e. The predicted molar refractivity (Wildman–Crippen MR) is 128 cm³/mol. The van der Waals surface area contributed by atoms with E-state index in [-0.39, 0.29) is 40.0 Å². The highest BCUT2D eigenvalue weighted by molar-refractivity contribution is 6.55. The van der Waals surface area contributed by atoms with Crippen molar-refractivity contribution in [3.05, 3.63) is 69.3 Å². The minimum atomic E-state index is -1.25. The molecule has 0 aromatic heterocycles. The van der Waals surface area contributed by atoms with Crippen molar-refractivity contribution in [2.24, 2.45) is 17.3 Å². The van der Waals surface area contributed by atoms with Crippen LogP contribution in [0.1, 0.15) is 19.4 Å². The fourth-order valence-corrected chi connectivity index (χ4v) is 5.42. The van der Waals surface area contributed by atoms with Gasteiger partial charge in [0.25, 0.3) is 0 Å². The summed E-state index contributed by atoms with van der Waals surface area (Å²) in [5.74, 6) is -2.31. The number of rotatable bonds is 8. The summed E-state index contributed by atoms with van der Waals surface area (Å²) in [6, 6.07) is 9.42. The molecule has 0 N–H and O–H groups in total. The zero-order chi connectivity index (χ0) is 25.5. The Morgan fingerprint density at radius 3 is 2.31 bits per heavy atom. The van der Waals surface area contributed by atoms with Crippen LogP contribution in [0.2, 0.25) is 0 Å². The first kappa shape index (κ1) is 25.5. The molecule has 0 saturated heterocycles. The number of hydrogen-bond donors (Lipinski definition) is 0. The second kappa shape index (κ2) is 9.45. The van der Waals surface area contributed by atoms with Gasteiger partial charge in [0.2, 0.25) is 0 Å². The van der Waals surface area contributed by atoms with E-state index in [4.69, 9.17) is 42.1 Å². The summed E-state index contributed by atoms with van der Waals surface area (Å²) in [4.78, 5) is 38.4. The lowest BCUT2D eigenvalue weighted by Crippen LogP contribution is -2.35. The molecular formula is C26H26Cl2O7. The van der Waals surface area contributed by atoms with Gasteiger partial charge in [-0.2, -0.15) is 0 Å². The lowest BCUT2D eigenvalue weighted by molar-refractivity contribution is -0.145. The summed E-state index contributed by atoms with van der Waals surface area (Å²) < 4.78 is 22.0. The molecule has 9 heteroatoms. The molecule has 3 aliphatic rings. The summed E-state index contributed by atoms with van der Waals surface area (Å²) in [7, 11) is 2.47. The van der Waals surface area contributed by atoms with Gasteiger partial charge in [0.1, 0.15) is 22.8 Å². The highest BCUT2D eigenvalue weighted by Crippen LogP contribution is 2.60. The maximum atomic E-state index is 12.9. The quantitative estimate of drug-likeness (QED) is 0.289. The van der Waals surface area contributed by atoms with E-state index in [9.17, 15) is 14.4 Å². The van der Waals surface area contributed by atoms with Gasteiger partial charge in [0.15, 0.2) is 0 Å². The number of benzene rings is 1. The number of fused-ring (bicyclic) bond motifs is 2. The third-order valence-corrected chi connectivity index (χ3v) is 7.25. The van der Waals surface area contributed by atoms with E-state index in [0.29, 0.717) is 5.57 Å². The molecule has 1 aromatic carbocycles. The summed E-state index contributed by atoms with van der Waals surface area (Å²) in [6.07, 6.45) is 2.78. The van der Waals surface area contributed by atoms with Gasteiger partial charge in [-0.25, -0.2) is 9.59 Å². The number of carbonyl (C=O) groups excluding carboxylic acids is 3. The Morgan fingerprint density at radius 1 is 1.06 bits per heavy atom. The molecule has 1 fully saturated rings. The van der Waals surface area contributed by atoms with E-state index >= 15 is 0 Å². The van der Waals surface area contributed by atoms with Gasteiger partial charge in [-0.3, -0.25) is 4.79 Å². The zero-order valence-electron chi connectivity index (χ0n) is 19.8. The Labute approximate surface area is 213 Å². The topological polar surface area (TPSA) is 88.1 Å². The third-order valence-electron chi connectivity index (χ3n) is 6.99. The van der Waals surface area contributed by atoms with E-state index in [0.717, 1.165) is 5.56 Å². The van der Waals surface area contributed by atoms with Gasteiger partial charge >= 0.3 is 17.9 Å². The first-order valence-corrected chi connectivity index (χ1v) is 11.9. The second-order valence-corrected chi connectivity index (χ2v) is 10.4. The summed E-state index contributed by atoms with van der Waals surface area (Å²) >= 11 is 11.6. The van der Waals surface area contributed by atoms with Crippen LogP contribution in [0.25, 0.3) is 0 Å². The van der Waals surface area contributed by atoms with Crippen molar-refractivity contribution in [1.29, 1.82) is 0 Å². The number of carbonyl (C=O) groups is 3. The smallest absolute Gasteiger partial charge is 0.337 e. The van der Waals surface area contributed by atoms with E-state index in [2.05, 4.69) is 0 Å². The van der Waals surface area contributed by atoms with Gasteiger partial charge in [0.05, 0.1) is 31.3 Å². The molecule has 2 heterocycles. The highest BCUT2D eigenvalue weighted by Gasteiger charge is 2.62. The number of ether oxygens (including phenoxy) is 4. The lowest BCUT2D eigenvalue weighted by Gasteiger charge is -2.26. The highest BCUT2D eigenvalue weighted by atomic mass is 35.5. The van der Waals surface area contributed by atoms with Crippen LogP contribution in [0.15, 0.2) is 63.7 Å². The maximum absolute atomic E-state index is 12.9. The van der Waals surface area contributed by atoms with E-state index in [1.54, 1.807) is 12.2 Å². The number of esters is 3. The lowest BCUT2D eigenvalue weighted by atomic mass is 9.80. The van der Waals surface area contributed by atoms with Crippen LogP contribution in [0.5, 0.6) is 0 Å². The molecule has 186 valence electrons. The van der Waals surface area contributed by atoms with Gasteiger partial charge in [-0.15, -0.1) is 0 Å². The van der Waals surface area contributed by atoms with Crippen molar-refractivity contribution in [2.75, 3.05) is 20.8 Å². The Bertz CT molecular complexity index is 1150. The Kier molecular flexibility index (Phi) is 6.88. The molecule has 4 rings (SSSR count). The van der Waals surface area contributed by atoms with Crippen molar-refractivity contribution in [1.82, 2.24) is 0 Å². The third kappa shape index (κ3) is 4.53. The van der Waals surface area contributed by atoms with Crippen molar-refractivity contribution in [3.8, 4) is 0 Å². The molecule has 2 aliphatic heterocycles. The van der Waals surface area contributed by atoms with E-state index < -0.39 is 35.5 Å². The Hall–Kier alpha value is -2.61. The first-order chi connectivity index (χ1) is 16.6. The normalized spacial score (nSPS) is 27.7. The molecule has 0 spiro atoms. The minimum absolute atomic E-state index is 0.0605. The number of hydrogen-bond acceptors (Lipinski definition) is 7. The monoisotopic (exact) mass is 520 g/mol. The molecule has 4 atom stereocenters. The Morgan fingerprint density at radius 2 is 1.71 bits per heavy atom. The molecule has 1 saturated carbocycles. The summed E-state index contributed by atoms with van der Waals surface area (Å²) in [5.41, 5.74) is 0.0194. The van der Waals surface area contributed by atoms with Crippen molar-refractivity contribution >= 4 is 41.1 Å². The maximum Gasteiger partial charge on any atom is 0.337 e. The van der Waals surface area contributed by atoms with E-state index in [1.165, 1.54) is 14.2 Å². The molecule has 1 aromatic rings. The minimum Gasteiger partial charge on any atom is -0.466 e. The van der Waals surface area contributed by atoms with Crippen LogP contribution in [-0.4, -0.2) is 50.4 Å². The molecule has 0 amide bonds. The van der Waals surface area contributed by atoms with Gasteiger partial charge < -0.3 is 18.9 Å². The second-order valence-electron chi connectivity index (χ2n) is 9.43. The predicted octanol–water partition coefficient (Wildman–Crippen LogP) is 4.08. The van der Waals surface area contributed by atoms with Crippen LogP contribution in [0, 0.1) is 17.3 Å². The molecule has 0 radical (unpaired) electrons. The van der Waals surface area contributed by atoms with Gasteiger partial charge in [0, 0.05) is 6.42 Å². The average molecular weight is 521 g/mol. The van der Waals surface area contributed by atoms with Crippen LogP contribution in [0.4, 0.5) is 0 Å². The van der Waals surface area contributed by atoms with Gasteiger partial charge in [-0.05, 0) is 34.6 Å².